The molecule has 292 valence electrons. The molecular formula is C43H59BF2N4O4. The van der Waals surface area contributed by atoms with E-state index in [0.29, 0.717) is 35.3 Å². The zero-order chi connectivity index (χ0) is 38.6. The molecule has 4 aliphatic rings. The number of hydrogen-bond acceptors (Lipinski definition) is 8. The minimum Gasteiger partial charge on any atom is -0.463 e. The molecule has 2 aromatic heterocycles. The van der Waals surface area contributed by atoms with E-state index in [1.165, 1.54) is 24.5 Å². The first kappa shape index (κ1) is 40.2. The van der Waals surface area contributed by atoms with Crippen LogP contribution in [0.4, 0.5) is 8.78 Å². The van der Waals surface area contributed by atoms with Crippen LogP contribution in [-0.4, -0.2) is 71.2 Å². The normalized spacial score (nSPS) is 22.9. The molecular weight excluding hydrogens is 685 g/mol. The van der Waals surface area contributed by atoms with Crippen LogP contribution < -0.4 is 0 Å². The largest absolute Gasteiger partial charge is 0.463 e. The van der Waals surface area contributed by atoms with Crippen molar-refractivity contribution in [2.45, 2.75) is 153 Å². The lowest BCUT2D eigenvalue weighted by Crippen LogP contribution is -2.38. The number of rotatable bonds is 16. The van der Waals surface area contributed by atoms with E-state index >= 15 is 0 Å². The maximum absolute atomic E-state index is 14.7. The van der Waals surface area contributed by atoms with Crippen molar-refractivity contribution in [2.24, 2.45) is 16.8 Å². The molecule has 0 amide bonds. The summed E-state index contributed by atoms with van der Waals surface area (Å²) in [6, 6.07) is 2.27. The first-order valence-corrected chi connectivity index (χ1v) is 20.5. The van der Waals surface area contributed by atoms with Gasteiger partial charge in [-0.1, -0.05) is 38.7 Å². The number of aromatic nitrogens is 2. The van der Waals surface area contributed by atoms with Crippen molar-refractivity contribution < 1.29 is 27.8 Å². The second-order valence-electron chi connectivity index (χ2n) is 17.5. The van der Waals surface area contributed by atoms with Gasteiger partial charge in [-0.05, 0) is 115 Å². The van der Waals surface area contributed by atoms with Crippen molar-refractivity contribution in [2.75, 3.05) is 13.1 Å². The third-order valence-corrected chi connectivity index (χ3v) is 12.1. The van der Waals surface area contributed by atoms with Crippen molar-refractivity contribution in [1.82, 2.24) is 14.9 Å². The van der Waals surface area contributed by atoms with Gasteiger partial charge in [0.1, 0.15) is 37.2 Å². The van der Waals surface area contributed by atoms with E-state index in [0.717, 1.165) is 101 Å². The van der Waals surface area contributed by atoms with Gasteiger partial charge in [0.2, 0.25) is 0 Å². The Morgan fingerprint density at radius 3 is 2.17 bits per heavy atom. The van der Waals surface area contributed by atoms with Crippen LogP contribution in [0.3, 0.4) is 0 Å². The molecule has 54 heavy (non-hydrogen) atoms. The summed E-state index contributed by atoms with van der Waals surface area (Å²) in [5.74, 6) is -0.639. The first-order chi connectivity index (χ1) is 25.8. The average molecular weight is 745 g/mol. The molecule has 6 rings (SSSR count). The van der Waals surface area contributed by atoms with Crippen LogP contribution in [0.1, 0.15) is 158 Å². The maximum Gasteiger partial charge on any atom is 0.328 e. The minimum atomic E-state index is -0.662. The lowest BCUT2D eigenvalue weighted by Gasteiger charge is -2.34. The maximum atomic E-state index is 14.7. The molecule has 3 fully saturated rings. The smallest absolute Gasteiger partial charge is 0.328 e. The van der Waals surface area contributed by atoms with Crippen LogP contribution in [0.15, 0.2) is 41.7 Å². The molecule has 4 heterocycles. The van der Waals surface area contributed by atoms with E-state index < -0.39 is 29.1 Å². The quantitative estimate of drug-likeness (QED) is 0.0971. The van der Waals surface area contributed by atoms with Crippen molar-refractivity contribution in [3.05, 3.63) is 70.8 Å². The Bertz CT molecular complexity index is 1700. The summed E-state index contributed by atoms with van der Waals surface area (Å²) < 4.78 is 40.5. The van der Waals surface area contributed by atoms with E-state index in [9.17, 15) is 18.4 Å². The summed E-state index contributed by atoms with van der Waals surface area (Å²) in [4.78, 5) is 42.8. The zero-order valence-electron chi connectivity index (χ0n) is 33.2. The predicted octanol–water partition coefficient (Wildman–Crippen LogP) is 8.27. The highest BCUT2D eigenvalue weighted by molar-refractivity contribution is 6.23. The lowest BCUT2D eigenvalue weighted by molar-refractivity contribution is -0.161. The molecule has 6 atom stereocenters. The van der Waals surface area contributed by atoms with Gasteiger partial charge < -0.3 is 9.47 Å². The van der Waals surface area contributed by atoms with Crippen molar-refractivity contribution in [1.29, 1.82) is 0 Å². The molecule has 11 heteroatoms. The fourth-order valence-corrected chi connectivity index (χ4v) is 8.51. The number of hydrogen-bond donors (Lipinski definition) is 0. The molecule has 2 aromatic rings. The first-order valence-electron chi connectivity index (χ1n) is 20.5. The molecule has 2 aliphatic heterocycles. The van der Waals surface area contributed by atoms with Gasteiger partial charge in [0, 0.05) is 47.5 Å². The van der Waals surface area contributed by atoms with Crippen LogP contribution in [0.2, 0.25) is 0 Å². The summed E-state index contributed by atoms with van der Waals surface area (Å²) in [7, 11) is 1.78. The summed E-state index contributed by atoms with van der Waals surface area (Å²) >= 11 is 0. The van der Waals surface area contributed by atoms with Gasteiger partial charge in [0.25, 0.3) is 0 Å². The number of ether oxygens (including phenoxy) is 2. The highest BCUT2D eigenvalue weighted by atomic mass is 19.1. The molecule has 0 aromatic carbocycles. The molecule has 5 unspecified atom stereocenters. The fraction of sp³-hybridized carbons (Fsp3) is 0.651. The molecule has 0 spiro atoms. The van der Waals surface area contributed by atoms with Crippen molar-refractivity contribution in [3.63, 3.8) is 0 Å². The standard InChI is InChI=1S/C43H59BF2N4O4/c1-26(30-18-19-50(25-30)40(42(52)54-43(3,4)5)36-22-32(46)24-48-39(36)29-13-9-14-29)10-6-7-15-33-16-17-34(49-33)20-27(2)53-41(51)37(44)35-21-31(45)23-47-38(35)28-11-8-12-28/h16-17,21-24,26-30,34,37,40H,6-15,18-20,25,44H2,1-5H3/t26?,27?,30-,34?,37?,40?/m1/s1. The van der Waals surface area contributed by atoms with Gasteiger partial charge in [-0.3, -0.25) is 24.7 Å². The van der Waals surface area contributed by atoms with Gasteiger partial charge in [0.05, 0.1) is 24.3 Å². The van der Waals surface area contributed by atoms with Crippen LogP contribution in [0.5, 0.6) is 0 Å². The zero-order valence-corrected chi connectivity index (χ0v) is 33.2. The van der Waals surface area contributed by atoms with Crippen LogP contribution >= 0.6 is 0 Å². The topological polar surface area (TPSA) is 94.0 Å². The molecule has 0 bridgehead atoms. The molecule has 1 saturated heterocycles. The highest BCUT2D eigenvalue weighted by Crippen LogP contribution is 2.42. The number of likely N-dealkylation sites (tertiary alicyclic amines) is 1. The van der Waals surface area contributed by atoms with Gasteiger partial charge in [-0.15, -0.1) is 0 Å². The number of unbranched alkanes of at least 4 members (excludes halogenated alkanes) is 1. The van der Waals surface area contributed by atoms with E-state index in [1.807, 2.05) is 27.7 Å². The number of nitrogens with zero attached hydrogens (tertiary/aromatic N) is 4. The Kier molecular flexibility index (Phi) is 13.1. The van der Waals surface area contributed by atoms with Gasteiger partial charge in [-0.2, -0.15) is 0 Å². The Morgan fingerprint density at radius 1 is 0.926 bits per heavy atom. The summed E-state index contributed by atoms with van der Waals surface area (Å²) in [6.07, 6.45) is 18.4. The third-order valence-electron chi connectivity index (χ3n) is 12.1. The molecule has 0 radical (unpaired) electrons. The number of allylic oxidation sites excluding steroid dienone is 1. The number of halogens is 2. The molecule has 2 aliphatic carbocycles. The monoisotopic (exact) mass is 744 g/mol. The Balaban J connectivity index is 0.959. The number of carbonyl (C=O) groups excluding carboxylic acids is 2. The highest BCUT2D eigenvalue weighted by Gasteiger charge is 2.40. The minimum absolute atomic E-state index is 0.0288. The second kappa shape index (κ2) is 17.6. The fourth-order valence-electron chi connectivity index (χ4n) is 8.51. The van der Waals surface area contributed by atoms with Crippen LogP contribution in [-0.2, 0) is 19.1 Å². The van der Waals surface area contributed by atoms with Crippen LogP contribution in [0.25, 0.3) is 0 Å². The van der Waals surface area contributed by atoms with Gasteiger partial charge in [0.15, 0.2) is 0 Å². The second-order valence-corrected chi connectivity index (χ2v) is 17.5. The molecule has 2 saturated carbocycles. The van der Waals surface area contributed by atoms with Crippen LogP contribution in [0, 0.1) is 23.5 Å². The summed E-state index contributed by atoms with van der Waals surface area (Å²) in [6.45, 7) is 11.4. The van der Waals surface area contributed by atoms with E-state index in [2.05, 4.69) is 33.9 Å². The van der Waals surface area contributed by atoms with E-state index in [4.69, 9.17) is 14.5 Å². The summed E-state index contributed by atoms with van der Waals surface area (Å²) in [5, 5.41) is 0. The molecule has 0 N–H and O–H groups in total. The van der Waals surface area contributed by atoms with E-state index in [1.54, 1.807) is 7.85 Å². The average Bonchev–Trinajstić information content (AvgIpc) is 3.72. The number of pyridine rings is 2. The number of carbonyl (C=O) groups is 2. The number of esters is 2. The Morgan fingerprint density at radius 2 is 1.56 bits per heavy atom. The Hall–Kier alpha value is -3.47. The summed E-state index contributed by atoms with van der Waals surface area (Å²) in [5.41, 5.74) is 3.42. The third kappa shape index (κ3) is 10.0. The predicted molar refractivity (Wildman–Crippen MR) is 209 cm³/mol. The Labute approximate surface area is 321 Å². The van der Waals surface area contributed by atoms with Gasteiger partial charge >= 0.3 is 11.9 Å². The van der Waals surface area contributed by atoms with Gasteiger partial charge in [-0.25, -0.2) is 13.6 Å². The molecule has 8 nitrogen and oxygen atoms in total. The SMILES string of the molecule is BC(C(=O)OC(C)CC1C=CC(CCCCC(C)[C@@H]2CCN(C(C(=O)OC(C)(C)C)c3cc(F)cnc3C3CCC3)C2)=N1)c1cc(F)cnc1C1CCC1. The van der Waals surface area contributed by atoms with Crippen molar-refractivity contribution >= 4 is 25.5 Å². The van der Waals surface area contributed by atoms with E-state index in [-0.39, 0.29) is 30.0 Å². The van der Waals surface area contributed by atoms with Crippen molar-refractivity contribution in [3.8, 4) is 0 Å². The lowest BCUT2D eigenvalue weighted by atomic mass is 9.74. The number of aliphatic imine (C=N–C) groups is 1.